The van der Waals surface area contributed by atoms with Crippen LogP contribution in [0.25, 0.3) is 0 Å². The number of likely N-dealkylation sites (tertiary alicyclic amines) is 1. The molecule has 0 aliphatic carbocycles. The van der Waals surface area contributed by atoms with Crippen LogP contribution >= 0.6 is 11.6 Å². The number of nitrogens with zero attached hydrogens (tertiary/aromatic N) is 2. The number of rotatable bonds is 6. The number of hydrogen-bond donors (Lipinski definition) is 3. The van der Waals surface area contributed by atoms with Gasteiger partial charge in [-0.2, -0.15) is 5.10 Å². The molecule has 3 N–H and O–H groups in total. The molecule has 6 nitrogen and oxygen atoms in total. The highest BCUT2D eigenvalue weighted by Crippen LogP contribution is 2.17. The Labute approximate surface area is 129 Å². The summed E-state index contributed by atoms with van der Waals surface area (Å²) in [7, 11) is 0. The Balaban J connectivity index is 1.68. The number of piperidine rings is 1. The number of aliphatic hydroxyl groups is 1. The van der Waals surface area contributed by atoms with Crippen molar-refractivity contribution in [1.29, 1.82) is 0 Å². The van der Waals surface area contributed by atoms with E-state index in [1.54, 1.807) is 6.92 Å². The number of aryl methyl sites for hydroxylation is 1. The van der Waals surface area contributed by atoms with Crippen LogP contribution in [0.15, 0.2) is 0 Å². The van der Waals surface area contributed by atoms with Crippen molar-refractivity contribution in [1.82, 2.24) is 20.4 Å². The second-order valence-electron chi connectivity index (χ2n) is 5.61. The van der Waals surface area contributed by atoms with E-state index in [0.717, 1.165) is 38.9 Å². The first kappa shape index (κ1) is 16.3. The number of aromatic nitrogens is 2. The highest BCUT2D eigenvalue weighted by Gasteiger charge is 2.19. The average molecular weight is 315 g/mol. The van der Waals surface area contributed by atoms with Gasteiger partial charge in [0.25, 0.3) is 5.91 Å². The molecule has 0 unspecified atom stereocenters. The Bertz CT molecular complexity index is 478. The summed E-state index contributed by atoms with van der Waals surface area (Å²) in [5.41, 5.74) is 0.956. The molecule has 1 aromatic rings. The molecule has 118 valence electrons. The molecule has 1 amide bonds. The summed E-state index contributed by atoms with van der Waals surface area (Å²) in [6, 6.07) is 0. The molecule has 0 bridgehead atoms. The van der Waals surface area contributed by atoms with Crippen LogP contribution in [0.1, 0.15) is 35.4 Å². The predicted molar refractivity (Wildman–Crippen MR) is 81.5 cm³/mol. The SMILES string of the molecule is Cc1[nH]nc(C(=O)NCCCN2CCC[C@@H](CO)C2)c1Cl. The van der Waals surface area contributed by atoms with Gasteiger partial charge in [-0.1, -0.05) is 11.6 Å². The maximum atomic E-state index is 11.9. The number of amides is 1. The predicted octanol–water partition coefficient (Wildman–Crippen LogP) is 1.20. The molecule has 7 heteroatoms. The fourth-order valence-electron chi connectivity index (χ4n) is 2.66. The van der Waals surface area contributed by atoms with Gasteiger partial charge < -0.3 is 15.3 Å². The molecule has 1 aromatic heterocycles. The number of nitrogens with one attached hydrogen (secondary N) is 2. The van der Waals surface area contributed by atoms with Gasteiger partial charge in [0.05, 0.1) is 10.7 Å². The first-order valence-electron chi connectivity index (χ1n) is 7.43. The highest BCUT2D eigenvalue weighted by atomic mass is 35.5. The minimum absolute atomic E-state index is 0.240. The molecule has 0 radical (unpaired) electrons. The van der Waals surface area contributed by atoms with E-state index in [-0.39, 0.29) is 18.2 Å². The molecule has 21 heavy (non-hydrogen) atoms. The molecule has 1 saturated heterocycles. The monoisotopic (exact) mass is 314 g/mol. The standard InChI is InChI=1S/C14H23ClN4O2/c1-10-12(15)13(18-17-10)14(21)16-5-3-7-19-6-2-4-11(8-19)9-20/h11,20H,2-9H2,1H3,(H,16,21)(H,17,18)/t11-/m1/s1. The van der Waals surface area contributed by atoms with Crippen LogP contribution in [0.4, 0.5) is 0 Å². The Morgan fingerprint density at radius 3 is 3.10 bits per heavy atom. The van der Waals surface area contributed by atoms with Crippen LogP contribution in [0.3, 0.4) is 0 Å². The van der Waals surface area contributed by atoms with Crippen molar-refractivity contribution in [3.63, 3.8) is 0 Å². The lowest BCUT2D eigenvalue weighted by atomic mass is 9.99. The number of hydrogen-bond acceptors (Lipinski definition) is 4. The molecule has 0 saturated carbocycles. The normalized spacial score (nSPS) is 19.7. The molecule has 0 spiro atoms. The summed E-state index contributed by atoms with van der Waals surface area (Å²) in [5, 5.41) is 19.0. The van der Waals surface area contributed by atoms with Crippen molar-refractivity contribution in [3.8, 4) is 0 Å². The van der Waals surface area contributed by atoms with Gasteiger partial charge in [-0.3, -0.25) is 9.89 Å². The van der Waals surface area contributed by atoms with E-state index >= 15 is 0 Å². The van der Waals surface area contributed by atoms with Gasteiger partial charge in [-0.25, -0.2) is 0 Å². The topological polar surface area (TPSA) is 81.2 Å². The first-order valence-corrected chi connectivity index (χ1v) is 7.81. The van der Waals surface area contributed by atoms with Crippen LogP contribution in [0.5, 0.6) is 0 Å². The lowest BCUT2D eigenvalue weighted by Gasteiger charge is -2.31. The van der Waals surface area contributed by atoms with E-state index in [4.69, 9.17) is 11.6 Å². The van der Waals surface area contributed by atoms with Crippen molar-refractivity contribution in [2.24, 2.45) is 5.92 Å². The maximum absolute atomic E-state index is 11.9. The van der Waals surface area contributed by atoms with Gasteiger partial charge in [-0.05, 0) is 45.2 Å². The molecule has 2 heterocycles. The van der Waals surface area contributed by atoms with Crippen molar-refractivity contribution in [2.45, 2.75) is 26.2 Å². The first-order chi connectivity index (χ1) is 10.1. The van der Waals surface area contributed by atoms with Crippen LogP contribution in [-0.4, -0.2) is 58.9 Å². The van der Waals surface area contributed by atoms with Crippen molar-refractivity contribution >= 4 is 17.5 Å². The lowest BCUT2D eigenvalue weighted by Crippen LogP contribution is -2.38. The summed E-state index contributed by atoms with van der Waals surface area (Å²) >= 11 is 5.98. The third-order valence-corrected chi connectivity index (χ3v) is 4.35. The highest BCUT2D eigenvalue weighted by molar-refractivity contribution is 6.34. The van der Waals surface area contributed by atoms with E-state index in [1.165, 1.54) is 0 Å². The zero-order chi connectivity index (χ0) is 15.2. The van der Waals surface area contributed by atoms with Crippen LogP contribution < -0.4 is 5.32 Å². The summed E-state index contributed by atoms with van der Waals surface area (Å²) in [5.74, 6) is 0.162. The molecule has 1 aliphatic heterocycles. The van der Waals surface area contributed by atoms with Gasteiger partial charge in [-0.15, -0.1) is 0 Å². The zero-order valence-corrected chi connectivity index (χ0v) is 13.1. The fraction of sp³-hybridized carbons (Fsp3) is 0.714. The molecule has 2 rings (SSSR count). The van der Waals surface area contributed by atoms with Crippen molar-refractivity contribution in [2.75, 3.05) is 32.8 Å². The number of carbonyl (C=O) groups is 1. The Morgan fingerprint density at radius 1 is 1.62 bits per heavy atom. The summed E-state index contributed by atoms with van der Waals surface area (Å²) < 4.78 is 0. The minimum atomic E-state index is -0.240. The summed E-state index contributed by atoms with van der Waals surface area (Å²) in [4.78, 5) is 14.3. The van der Waals surface area contributed by atoms with Crippen molar-refractivity contribution in [3.05, 3.63) is 16.4 Å². The quantitative estimate of drug-likeness (QED) is 0.689. The van der Waals surface area contributed by atoms with Gasteiger partial charge in [0, 0.05) is 19.7 Å². The smallest absolute Gasteiger partial charge is 0.273 e. The molecule has 1 atom stereocenters. The van der Waals surface area contributed by atoms with Gasteiger partial charge in [0.15, 0.2) is 5.69 Å². The molecule has 1 fully saturated rings. The minimum Gasteiger partial charge on any atom is -0.396 e. The maximum Gasteiger partial charge on any atom is 0.273 e. The lowest BCUT2D eigenvalue weighted by molar-refractivity contribution is 0.0941. The number of aromatic amines is 1. The molecular formula is C14H23ClN4O2. The second kappa shape index (κ2) is 7.77. The van der Waals surface area contributed by atoms with E-state index in [0.29, 0.717) is 23.2 Å². The molecule has 1 aliphatic rings. The Kier molecular flexibility index (Phi) is 6.02. The van der Waals surface area contributed by atoms with E-state index in [9.17, 15) is 9.90 Å². The fourth-order valence-corrected chi connectivity index (χ4v) is 2.83. The van der Waals surface area contributed by atoms with Crippen molar-refractivity contribution < 1.29 is 9.90 Å². The Hall–Kier alpha value is -1.11. The third-order valence-electron chi connectivity index (χ3n) is 3.89. The van der Waals surface area contributed by atoms with Crippen LogP contribution in [-0.2, 0) is 0 Å². The van der Waals surface area contributed by atoms with Gasteiger partial charge in [0.2, 0.25) is 0 Å². The molecule has 0 aromatic carbocycles. The largest absolute Gasteiger partial charge is 0.396 e. The van der Waals surface area contributed by atoms with Crippen LogP contribution in [0, 0.1) is 12.8 Å². The summed E-state index contributed by atoms with van der Waals surface area (Å²) in [6.07, 6.45) is 3.13. The zero-order valence-electron chi connectivity index (χ0n) is 12.4. The second-order valence-corrected chi connectivity index (χ2v) is 5.99. The summed E-state index contributed by atoms with van der Waals surface area (Å²) in [6.45, 7) is 5.61. The number of halogens is 1. The number of carbonyl (C=O) groups excluding carboxylic acids is 1. The van der Waals surface area contributed by atoms with Gasteiger partial charge in [0.1, 0.15) is 0 Å². The van der Waals surface area contributed by atoms with Crippen LogP contribution in [0.2, 0.25) is 5.02 Å². The average Bonchev–Trinajstić information content (AvgIpc) is 2.83. The molecular weight excluding hydrogens is 292 g/mol. The van der Waals surface area contributed by atoms with Gasteiger partial charge >= 0.3 is 0 Å². The number of aliphatic hydroxyl groups excluding tert-OH is 1. The van der Waals surface area contributed by atoms with E-state index < -0.39 is 0 Å². The third kappa shape index (κ3) is 4.43. The van der Waals surface area contributed by atoms with E-state index in [1.807, 2.05) is 0 Å². The number of H-pyrrole nitrogens is 1. The Morgan fingerprint density at radius 2 is 2.43 bits per heavy atom. The van der Waals surface area contributed by atoms with E-state index in [2.05, 4.69) is 20.4 Å².